The Labute approximate surface area is 120 Å². The van der Waals surface area contributed by atoms with Gasteiger partial charge in [-0.1, -0.05) is 35.9 Å². The lowest BCUT2D eigenvalue weighted by Crippen LogP contribution is -2.18. The van der Waals surface area contributed by atoms with E-state index in [-0.39, 0.29) is 0 Å². The van der Waals surface area contributed by atoms with E-state index in [0.29, 0.717) is 6.61 Å². The first-order valence-corrected chi connectivity index (χ1v) is 6.81. The lowest BCUT2D eigenvalue weighted by atomic mass is 10.2. The summed E-state index contributed by atoms with van der Waals surface area (Å²) in [5.74, 6) is 1.75. The summed E-state index contributed by atoms with van der Waals surface area (Å²) in [7, 11) is 1.70. The molecule has 1 N–H and O–H groups in total. The van der Waals surface area contributed by atoms with Crippen LogP contribution in [0.4, 0.5) is 0 Å². The molecule has 0 unspecified atom stereocenters. The third kappa shape index (κ3) is 4.37. The van der Waals surface area contributed by atoms with Crippen molar-refractivity contribution in [2.24, 2.45) is 0 Å². The van der Waals surface area contributed by atoms with E-state index in [9.17, 15) is 0 Å². The van der Waals surface area contributed by atoms with Crippen molar-refractivity contribution in [1.82, 2.24) is 5.32 Å². The average molecular weight is 271 g/mol. The van der Waals surface area contributed by atoms with E-state index in [2.05, 4.69) is 30.4 Å². The van der Waals surface area contributed by atoms with Crippen molar-refractivity contribution in [3.05, 3.63) is 59.7 Å². The maximum atomic E-state index is 5.95. The van der Waals surface area contributed by atoms with Gasteiger partial charge in [0.05, 0.1) is 6.61 Å². The van der Waals surface area contributed by atoms with E-state index in [1.807, 2.05) is 30.3 Å². The second kappa shape index (κ2) is 7.68. The van der Waals surface area contributed by atoms with Gasteiger partial charge in [0.25, 0.3) is 0 Å². The highest BCUT2D eigenvalue weighted by Gasteiger charge is 2.04. The lowest BCUT2D eigenvalue weighted by molar-refractivity contribution is 0.199. The fourth-order valence-electron chi connectivity index (χ4n) is 1.88. The minimum atomic E-state index is 0.709. The molecule has 0 amide bonds. The summed E-state index contributed by atoms with van der Waals surface area (Å²) in [6.45, 7) is 4.37. The molecular formula is C17H21NO2. The molecular weight excluding hydrogens is 250 g/mol. The molecule has 0 aliphatic carbocycles. The molecule has 0 saturated carbocycles. The Hall–Kier alpha value is -1.84. The Morgan fingerprint density at radius 3 is 2.50 bits per heavy atom. The number of hydrogen-bond donors (Lipinski definition) is 1. The van der Waals surface area contributed by atoms with Gasteiger partial charge in [0.15, 0.2) is 0 Å². The van der Waals surface area contributed by atoms with Crippen molar-refractivity contribution in [3.8, 4) is 11.5 Å². The number of ether oxygens (including phenoxy) is 2. The van der Waals surface area contributed by atoms with Crippen molar-refractivity contribution < 1.29 is 9.47 Å². The van der Waals surface area contributed by atoms with Gasteiger partial charge in [-0.15, -0.1) is 0 Å². The molecule has 0 bridgehead atoms. The molecule has 106 valence electrons. The van der Waals surface area contributed by atoms with E-state index < -0.39 is 0 Å². The molecule has 0 spiro atoms. The van der Waals surface area contributed by atoms with E-state index in [1.165, 1.54) is 5.56 Å². The monoisotopic (exact) mass is 271 g/mol. The Kier molecular flexibility index (Phi) is 5.59. The van der Waals surface area contributed by atoms with Crippen LogP contribution in [0, 0.1) is 6.92 Å². The number of hydrogen-bond acceptors (Lipinski definition) is 3. The van der Waals surface area contributed by atoms with E-state index in [0.717, 1.165) is 30.2 Å². The molecule has 0 heterocycles. The molecule has 2 rings (SSSR count). The summed E-state index contributed by atoms with van der Waals surface area (Å²) in [6.07, 6.45) is 0. The van der Waals surface area contributed by atoms with Crippen LogP contribution in [0.3, 0.4) is 0 Å². The first kappa shape index (κ1) is 14.6. The van der Waals surface area contributed by atoms with Crippen LogP contribution in [0.2, 0.25) is 0 Å². The summed E-state index contributed by atoms with van der Waals surface area (Å²) in [6, 6.07) is 16.2. The summed E-state index contributed by atoms with van der Waals surface area (Å²) in [5, 5.41) is 3.33. The summed E-state index contributed by atoms with van der Waals surface area (Å²) < 4.78 is 11.0. The normalized spacial score (nSPS) is 10.5. The van der Waals surface area contributed by atoms with Crippen LogP contribution in [-0.2, 0) is 11.3 Å². The summed E-state index contributed by atoms with van der Waals surface area (Å²) in [5.41, 5.74) is 2.37. The smallest absolute Gasteiger partial charge is 0.131 e. The molecule has 2 aromatic carbocycles. The Bertz CT molecular complexity index is 523. The third-order valence-electron chi connectivity index (χ3n) is 3.02. The summed E-state index contributed by atoms with van der Waals surface area (Å²) in [4.78, 5) is 0. The second-order valence-corrected chi connectivity index (χ2v) is 4.69. The fraction of sp³-hybridized carbons (Fsp3) is 0.294. The van der Waals surface area contributed by atoms with Gasteiger partial charge in [-0.3, -0.25) is 0 Å². The zero-order chi connectivity index (χ0) is 14.2. The Morgan fingerprint density at radius 2 is 1.75 bits per heavy atom. The van der Waals surface area contributed by atoms with Crippen LogP contribution in [0.15, 0.2) is 48.5 Å². The average Bonchev–Trinajstić information content (AvgIpc) is 2.47. The number of para-hydroxylation sites is 1. The SMILES string of the molecule is COCCNCc1ccccc1Oc1ccc(C)cc1. The highest BCUT2D eigenvalue weighted by molar-refractivity contribution is 5.38. The van der Waals surface area contributed by atoms with Crippen LogP contribution >= 0.6 is 0 Å². The molecule has 0 radical (unpaired) electrons. The number of aryl methyl sites for hydroxylation is 1. The van der Waals surface area contributed by atoms with Gasteiger partial charge in [0.2, 0.25) is 0 Å². The maximum Gasteiger partial charge on any atom is 0.131 e. The first-order valence-electron chi connectivity index (χ1n) is 6.81. The molecule has 2 aromatic rings. The van der Waals surface area contributed by atoms with E-state index in [1.54, 1.807) is 7.11 Å². The molecule has 0 saturated heterocycles. The van der Waals surface area contributed by atoms with Crippen molar-refractivity contribution in [1.29, 1.82) is 0 Å². The van der Waals surface area contributed by atoms with Gasteiger partial charge in [0.1, 0.15) is 11.5 Å². The third-order valence-corrected chi connectivity index (χ3v) is 3.02. The Morgan fingerprint density at radius 1 is 1.00 bits per heavy atom. The van der Waals surface area contributed by atoms with Crippen molar-refractivity contribution in [2.45, 2.75) is 13.5 Å². The van der Waals surface area contributed by atoms with Crippen molar-refractivity contribution in [3.63, 3.8) is 0 Å². The van der Waals surface area contributed by atoms with Gasteiger partial charge in [-0.05, 0) is 25.1 Å². The number of nitrogens with one attached hydrogen (secondary N) is 1. The molecule has 0 aliphatic heterocycles. The van der Waals surface area contributed by atoms with Gasteiger partial charge in [0, 0.05) is 25.8 Å². The van der Waals surface area contributed by atoms with Gasteiger partial charge < -0.3 is 14.8 Å². The van der Waals surface area contributed by atoms with Crippen LogP contribution < -0.4 is 10.1 Å². The predicted octanol–water partition coefficient (Wildman–Crippen LogP) is 3.52. The van der Waals surface area contributed by atoms with Crippen LogP contribution in [-0.4, -0.2) is 20.3 Å². The number of methoxy groups -OCH3 is 1. The molecule has 0 aliphatic rings. The molecule has 0 fully saturated rings. The minimum Gasteiger partial charge on any atom is -0.457 e. The highest BCUT2D eigenvalue weighted by Crippen LogP contribution is 2.25. The zero-order valence-electron chi connectivity index (χ0n) is 12.1. The number of rotatable bonds is 7. The van der Waals surface area contributed by atoms with Crippen LogP contribution in [0.5, 0.6) is 11.5 Å². The van der Waals surface area contributed by atoms with Crippen LogP contribution in [0.25, 0.3) is 0 Å². The standard InChI is InChI=1S/C17H21NO2/c1-14-7-9-16(10-8-14)20-17-6-4-3-5-15(17)13-18-11-12-19-2/h3-10,18H,11-13H2,1-2H3. The quantitative estimate of drug-likeness (QED) is 0.782. The minimum absolute atomic E-state index is 0.709. The predicted molar refractivity (Wildman–Crippen MR) is 81.3 cm³/mol. The molecule has 0 atom stereocenters. The summed E-state index contributed by atoms with van der Waals surface area (Å²) >= 11 is 0. The second-order valence-electron chi connectivity index (χ2n) is 4.69. The molecule has 3 heteroatoms. The number of benzene rings is 2. The largest absolute Gasteiger partial charge is 0.457 e. The van der Waals surface area contributed by atoms with Crippen molar-refractivity contribution in [2.75, 3.05) is 20.3 Å². The molecule has 0 aromatic heterocycles. The lowest BCUT2D eigenvalue weighted by Gasteiger charge is -2.12. The first-order chi connectivity index (χ1) is 9.79. The van der Waals surface area contributed by atoms with Gasteiger partial charge in [-0.25, -0.2) is 0 Å². The van der Waals surface area contributed by atoms with E-state index >= 15 is 0 Å². The van der Waals surface area contributed by atoms with Crippen LogP contribution in [0.1, 0.15) is 11.1 Å². The molecule has 20 heavy (non-hydrogen) atoms. The highest BCUT2D eigenvalue weighted by atomic mass is 16.5. The van der Waals surface area contributed by atoms with Gasteiger partial charge >= 0.3 is 0 Å². The zero-order valence-corrected chi connectivity index (χ0v) is 12.1. The van der Waals surface area contributed by atoms with Gasteiger partial charge in [-0.2, -0.15) is 0 Å². The maximum absolute atomic E-state index is 5.95. The van der Waals surface area contributed by atoms with E-state index in [4.69, 9.17) is 9.47 Å². The fourth-order valence-corrected chi connectivity index (χ4v) is 1.88. The topological polar surface area (TPSA) is 30.5 Å². The Balaban J connectivity index is 2.01. The molecule has 3 nitrogen and oxygen atoms in total. The van der Waals surface area contributed by atoms with Crippen molar-refractivity contribution >= 4 is 0 Å².